The van der Waals surface area contributed by atoms with Crippen LogP contribution in [0.2, 0.25) is 0 Å². The van der Waals surface area contributed by atoms with Gasteiger partial charge in [0, 0.05) is 12.0 Å². The smallest absolute Gasteiger partial charge is 0.441 e. The van der Waals surface area contributed by atoms with Crippen LogP contribution < -0.4 is 0 Å². The van der Waals surface area contributed by atoms with E-state index in [0.717, 1.165) is 6.92 Å². The number of alkyl halides is 6. The van der Waals surface area contributed by atoms with E-state index in [2.05, 4.69) is 16.1 Å². The van der Waals surface area contributed by atoms with Crippen LogP contribution in [0.3, 0.4) is 0 Å². The normalized spacial score (nSPS) is 13.6. The quantitative estimate of drug-likeness (QED) is 0.392. The van der Waals surface area contributed by atoms with Crippen molar-refractivity contribution in [3.05, 3.63) is 12.2 Å². The van der Waals surface area contributed by atoms with Gasteiger partial charge in [-0.15, -0.1) is 0 Å². The summed E-state index contributed by atoms with van der Waals surface area (Å²) < 4.78 is 89.3. The molecule has 0 fully saturated rings. The van der Waals surface area contributed by atoms with Crippen LogP contribution in [0.5, 0.6) is 0 Å². The summed E-state index contributed by atoms with van der Waals surface area (Å²) >= 11 is 0. The molecule has 25 heavy (non-hydrogen) atoms. The van der Waals surface area contributed by atoms with Gasteiger partial charge in [-0.2, -0.15) is 26.3 Å². The zero-order valence-electron chi connectivity index (χ0n) is 14.4. The van der Waals surface area contributed by atoms with E-state index in [1.807, 2.05) is 0 Å². The van der Waals surface area contributed by atoms with Gasteiger partial charge in [-0.1, -0.05) is 20.4 Å². The van der Waals surface area contributed by atoms with Crippen molar-refractivity contribution in [3.8, 4) is 0 Å². The second-order valence-electron chi connectivity index (χ2n) is 6.43. The second-order valence-corrected chi connectivity index (χ2v) is 6.43. The van der Waals surface area contributed by atoms with Crippen molar-refractivity contribution in [3.63, 3.8) is 0 Å². The molecule has 0 radical (unpaired) electrons. The standard InChI is InChI=1S/C15H20F6O4/c1-8(2)7-10(22)24-13(14(16,17)18,15(19,20)21)12(5,6)25-11(23)9(3)4/h8H,3,7H2,1-2,4-6H3. The van der Waals surface area contributed by atoms with Crippen molar-refractivity contribution in [1.82, 2.24) is 0 Å². The average molecular weight is 378 g/mol. The van der Waals surface area contributed by atoms with Crippen molar-refractivity contribution in [2.45, 2.75) is 64.6 Å². The molecule has 0 aliphatic heterocycles. The maximum Gasteiger partial charge on any atom is 0.441 e. The maximum absolute atomic E-state index is 13.5. The summed E-state index contributed by atoms with van der Waals surface area (Å²) in [4.78, 5) is 23.2. The Morgan fingerprint density at radius 2 is 1.36 bits per heavy atom. The van der Waals surface area contributed by atoms with Crippen LogP contribution in [0.15, 0.2) is 12.2 Å². The number of carbonyl (C=O) groups is 2. The summed E-state index contributed by atoms with van der Waals surface area (Å²) in [5.74, 6) is -3.75. The third-order valence-electron chi connectivity index (χ3n) is 3.18. The summed E-state index contributed by atoms with van der Waals surface area (Å²) in [6.45, 7) is 7.72. The summed E-state index contributed by atoms with van der Waals surface area (Å²) in [5.41, 5.74) is -8.75. The molecular weight excluding hydrogens is 358 g/mol. The van der Waals surface area contributed by atoms with Crippen molar-refractivity contribution in [2.75, 3.05) is 0 Å². The zero-order chi connectivity index (χ0) is 20.4. The van der Waals surface area contributed by atoms with E-state index in [0.29, 0.717) is 13.8 Å². The van der Waals surface area contributed by atoms with Gasteiger partial charge in [0.25, 0.3) is 0 Å². The van der Waals surface area contributed by atoms with E-state index >= 15 is 0 Å². The van der Waals surface area contributed by atoms with Crippen LogP contribution >= 0.6 is 0 Å². The molecule has 0 saturated heterocycles. The highest BCUT2D eigenvalue weighted by molar-refractivity contribution is 5.87. The van der Waals surface area contributed by atoms with Gasteiger partial charge in [-0.05, 0) is 26.7 Å². The highest BCUT2D eigenvalue weighted by Gasteiger charge is 2.82. The van der Waals surface area contributed by atoms with Gasteiger partial charge >= 0.3 is 29.9 Å². The number of ether oxygens (including phenoxy) is 2. The Labute approximate surface area is 141 Å². The minimum absolute atomic E-state index is 0.372. The Hall–Kier alpha value is -1.74. The summed E-state index contributed by atoms with van der Waals surface area (Å²) in [5, 5.41) is 0. The predicted molar refractivity (Wildman–Crippen MR) is 75.4 cm³/mol. The van der Waals surface area contributed by atoms with E-state index in [1.54, 1.807) is 0 Å². The first kappa shape index (κ1) is 23.3. The molecule has 0 unspecified atom stereocenters. The van der Waals surface area contributed by atoms with Crippen molar-refractivity contribution in [2.24, 2.45) is 5.92 Å². The third kappa shape index (κ3) is 4.88. The minimum Gasteiger partial charge on any atom is -0.451 e. The van der Waals surface area contributed by atoms with E-state index in [4.69, 9.17) is 0 Å². The lowest BCUT2D eigenvalue weighted by Crippen LogP contribution is -2.71. The molecule has 0 amide bonds. The van der Waals surface area contributed by atoms with Gasteiger partial charge in [0.1, 0.15) is 0 Å². The summed E-state index contributed by atoms with van der Waals surface area (Å²) in [7, 11) is 0. The molecule has 0 spiro atoms. The fraction of sp³-hybridized carbons (Fsp3) is 0.733. The molecule has 0 aromatic rings. The number of rotatable bonds is 6. The third-order valence-corrected chi connectivity index (χ3v) is 3.18. The number of hydrogen-bond acceptors (Lipinski definition) is 4. The van der Waals surface area contributed by atoms with Gasteiger partial charge in [0.15, 0.2) is 5.60 Å². The van der Waals surface area contributed by atoms with E-state index < -0.39 is 53.4 Å². The van der Waals surface area contributed by atoms with Crippen LogP contribution in [0.4, 0.5) is 26.3 Å². The molecule has 0 aromatic heterocycles. The molecule has 0 atom stereocenters. The molecule has 0 N–H and O–H groups in total. The largest absolute Gasteiger partial charge is 0.451 e. The van der Waals surface area contributed by atoms with Crippen LogP contribution in [0, 0.1) is 5.92 Å². The molecule has 0 rings (SSSR count). The van der Waals surface area contributed by atoms with Crippen LogP contribution in [0.25, 0.3) is 0 Å². The van der Waals surface area contributed by atoms with Crippen LogP contribution in [0.1, 0.15) is 41.0 Å². The summed E-state index contributed by atoms with van der Waals surface area (Å²) in [6.07, 6.45) is -12.9. The molecule has 10 heteroatoms. The topological polar surface area (TPSA) is 52.6 Å². The Morgan fingerprint density at radius 1 is 0.960 bits per heavy atom. The van der Waals surface area contributed by atoms with Gasteiger partial charge < -0.3 is 9.47 Å². The number of carbonyl (C=O) groups excluding carboxylic acids is 2. The molecule has 146 valence electrons. The molecule has 0 saturated carbocycles. The average Bonchev–Trinajstić information content (AvgIpc) is 2.30. The lowest BCUT2D eigenvalue weighted by Gasteiger charge is -2.45. The Morgan fingerprint density at radius 3 is 1.64 bits per heavy atom. The molecule has 0 aliphatic carbocycles. The maximum atomic E-state index is 13.5. The number of esters is 2. The van der Waals surface area contributed by atoms with Gasteiger partial charge in [-0.25, -0.2) is 4.79 Å². The molecule has 0 heterocycles. The molecule has 4 nitrogen and oxygen atoms in total. The highest BCUT2D eigenvalue weighted by atomic mass is 19.4. The van der Waals surface area contributed by atoms with E-state index in [9.17, 15) is 35.9 Å². The van der Waals surface area contributed by atoms with Crippen molar-refractivity contribution >= 4 is 11.9 Å². The first-order chi connectivity index (χ1) is 10.9. The number of hydrogen-bond donors (Lipinski definition) is 0. The Balaban J connectivity index is 6.33. The first-order valence-corrected chi connectivity index (χ1v) is 7.13. The molecule has 0 bridgehead atoms. The van der Waals surface area contributed by atoms with Gasteiger partial charge in [0.05, 0.1) is 0 Å². The minimum atomic E-state index is -6.10. The van der Waals surface area contributed by atoms with Gasteiger partial charge in [-0.3, -0.25) is 4.79 Å². The lowest BCUT2D eigenvalue weighted by atomic mass is 9.83. The lowest BCUT2D eigenvalue weighted by molar-refractivity contribution is -0.407. The zero-order valence-corrected chi connectivity index (χ0v) is 14.4. The predicted octanol–water partition coefficient (Wildman–Crippen LogP) is 4.34. The number of halogens is 6. The SMILES string of the molecule is C=C(C)C(=O)OC(C)(C)C(OC(=O)CC(C)C)(C(F)(F)F)C(F)(F)F. The van der Waals surface area contributed by atoms with Gasteiger partial charge in [0.2, 0.25) is 0 Å². The van der Waals surface area contributed by atoms with E-state index in [-0.39, 0.29) is 0 Å². The van der Waals surface area contributed by atoms with Crippen LogP contribution in [-0.2, 0) is 19.1 Å². The highest BCUT2D eigenvalue weighted by Crippen LogP contribution is 2.53. The van der Waals surface area contributed by atoms with Crippen LogP contribution in [-0.4, -0.2) is 35.5 Å². The van der Waals surface area contributed by atoms with Crippen molar-refractivity contribution in [1.29, 1.82) is 0 Å². The van der Waals surface area contributed by atoms with E-state index in [1.165, 1.54) is 13.8 Å². The first-order valence-electron chi connectivity index (χ1n) is 7.13. The second kappa shape index (κ2) is 7.25. The monoisotopic (exact) mass is 378 g/mol. The fourth-order valence-corrected chi connectivity index (χ4v) is 2.02. The summed E-state index contributed by atoms with van der Waals surface area (Å²) in [6, 6.07) is 0. The Bertz CT molecular complexity index is 517. The van der Waals surface area contributed by atoms with Crippen molar-refractivity contribution < 1.29 is 45.4 Å². The Kier molecular flexibility index (Phi) is 6.74. The fourth-order valence-electron chi connectivity index (χ4n) is 2.02. The molecular formula is C15H20F6O4. The molecule has 0 aliphatic rings. The molecule has 0 aromatic carbocycles.